The Labute approximate surface area is 127 Å². The van der Waals surface area contributed by atoms with Gasteiger partial charge >= 0.3 is 0 Å². The maximum atomic E-state index is 12.5. The molecule has 0 spiro atoms. The second-order valence-electron chi connectivity index (χ2n) is 7.01. The van der Waals surface area contributed by atoms with Gasteiger partial charge in [0.15, 0.2) is 0 Å². The summed E-state index contributed by atoms with van der Waals surface area (Å²) < 4.78 is 0. The van der Waals surface area contributed by atoms with E-state index < -0.39 is 6.10 Å². The maximum absolute atomic E-state index is 12.5. The fourth-order valence-electron chi connectivity index (χ4n) is 3.69. The molecule has 3 atom stereocenters. The first-order valence-corrected chi connectivity index (χ1v) is 7.92. The van der Waals surface area contributed by atoms with Gasteiger partial charge in [0.05, 0.1) is 6.10 Å². The number of aliphatic hydroxyl groups is 1. The number of hydrogen-bond donors (Lipinski definition) is 2. The lowest BCUT2D eigenvalue weighted by Gasteiger charge is -2.41. The number of carbonyl (C=O) groups excluding carboxylic acids is 1. The van der Waals surface area contributed by atoms with Crippen molar-refractivity contribution in [1.82, 2.24) is 5.32 Å². The molecular formula is C18H27NO2. The third-order valence-corrected chi connectivity index (χ3v) is 4.83. The zero-order valence-corrected chi connectivity index (χ0v) is 13.3. The van der Waals surface area contributed by atoms with Crippen LogP contribution < -0.4 is 5.32 Å². The zero-order valence-electron chi connectivity index (χ0n) is 13.3. The summed E-state index contributed by atoms with van der Waals surface area (Å²) in [6.07, 6.45) is 2.77. The van der Waals surface area contributed by atoms with E-state index in [1.54, 1.807) is 0 Å². The summed E-state index contributed by atoms with van der Waals surface area (Å²) in [4.78, 5) is 12.5. The van der Waals surface area contributed by atoms with Gasteiger partial charge < -0.3 is 10.4 Å². The van der Waals surface area contributed by atoms with Crippen molar-refractivity contribution in [3.63, 3.8) is 0 Å². The lowest BCUT2D eigenvalue weighted by molar-refractivity contribution is -0.133. The molecule has 0 aromatic heterocycles. The molecule has 0 heterocycles. The van der Waals surface area contributed by atoms with Crippen molar-refractivity contribution in [2.75, 3.05) is 6.54 Å². The Bertz CT molecular complexity index is 469. The van der Waals surface area contributed by atoms with Crippen LogP contribution in [-0.2, 0) is 4.79 Å². The number of amides is 1. The first-order chi connectivity index (χ1) is 9.92. The van der Waals surface area contributed by atoms with Crippen LogP contribution in [0.15, 0.2) is 30.3 Å². The molecule has 3 nitrogen and oxygen atoms in total. The van der Waals surface area contributed by atoms with Crippen LogP contribution in [0.4, 0.5) is 0 Å². The van der Waals surface area contributed by atoms with Crippen molar-refractivity contribution in [3.8, 4) is 0 Å². The first-order valence-electron chi connectivity index (χ1n) is 7.92. The fraction of sp³-hybridized carbons (Fsp3) is 0.611. The highest BCUT2D eigenvalue weighted by Crippen LogP contribution is 2.43. The van der Waals surface area contributed by atoms with Gasteiger partial charge in [0.1, 0.15) is 0 Å². The average Bonchev–Trinajstić information content (AvgIpc) is 2.44. The predicted octanol–water partition coefficient (Wildman–Crippen LogP) is 3.30. The fourth-order valence-corrected chi connectivity index (χ4v) is 3.69. The monoisotopic (exact) mass is 289 g/mol. The minimum Gasteiger partial charge on any atom is -0.387 e. The Morgan fingerprint density at radius 1 is 1.38 bits per heavy atom. The summed E-state index contributed by atoms with van der Waals surface area (Å²) in [7, 11) is 0. The predicted molar refractivity (Wildman–Crippen MR) is 84.7 cm³/mol. The molecule has 1 amide bonds. The van der Waals surface area contributed by atoms with Crippen LogP contribution in [0, 0.1) is 17.3 Å². The van der Waals surface area contributed by atoms with Crippen LogP contribution in [0.3, 0.4) is 0 Å². The zero-order chi connectivity index (χ0) is 15.5. The number of nitrogens with one attached hydrogen (secondary N) is 1. The molecule has 1 aromatic rings. The quantitative estimate of drug-likeness (QED) is 0.893. The molecule has 1 fully saturated rings. The normalized spacial score (nSPS) is 26.1. The summed E-state index contributed by atoms with van der Waals surface area (Å²) >= 11 is 0. The van der Waals surface area contributed by atoms with E-state index in [2.05, 4.69) is 26.1 Å². The Morgan fingerprint density at radius 2 is 2.05 bits per heavy atom. The van der Waals surface area contributed by atoms with Gasteiger partial charge in [-0.3, -0.25) is 4.79 Å². The highest BCUT2D eigenvalue weighted by atomic mass is 16.3. The molecule has 1 aliphatic carbocycles. The molecule has 1 saturated carbocycles. The number of aliphatic hydroxyl groups excluding tert-OH is 1. The number of carbonyl (C=O) groups is 1. The number of benzene rings is 1. The van der Waals surface area contributed by atoms with Crippen LogP contribution >= 0.6 is 0 Å². The standard InChI is InChI=1S/C18H27NO2/c1-13-8-7-11-18(2,3)16(13)17(21)19-12-15(20)14-9-5-4-6-10-14/h4-6,9-10,13,15-16,20H,7-8,11-12H2,1-3H3,(H,19,21)/t13-,15?,16?/m0/s1. The van der Waals surface area contributed by atoms with E-state index in [0.29, 0.717) is 5.92 Å². The van der Waals surface area contributed by atoms with E-state index >= 15 is 0 Å². The van der Waals surface area contributed by atoms with Gasteiger partial charge in [0.2, 0.25) is 5.91 Å². The van der Waals surface area contributed by atoms with Crippen molar-refractivity contribution in [3.05, 3.63) is 35.9 Å². The molecule has 1 aliphatic rings. The molecule has 2 rings (SSSR count). The van der Waals surface area contributed by atoms with E-state index in [9.17, 15) is 9.90 Å². The molecule has 0 saturated heterocycles. The topological polar surface area (TPSA) is 49.3 Å². The van der Waals surface area contributed by atoms with Gasteiger partial charge in [-0.25, -0.2) is 0 Å². The van der Waals surface area contributed by atoms with Gasteiger partial charge in [0.25, 0.3) is 0 Å². The summed E-state index contributed by atoms with van der Waals surface area (Å²) in [6, 6.07) is 9.47. The Balaban J connectivity index is 1.95. The smallest absolute Gasteiger partial charge is 0.224 e. The van der Waals surface area contributed by atoms with E-state index in [4.69, 9.17) is 0 Å². The van der Waals surface area contributed by atoms with Crippen LogP contribution in [0.2, 0.25) is 0 Å². The minimum absolute atomic E-state index is 0.0363. The summed E-state index contributed by atoms with van der Waals surface area (Å²) in [5.41, 5.74) is 0.883. The molecule has 2 N–H and O–H groups in total. The lowest BCUT2D eigenvalue weighted by atomic mass is 9.64. The Kier molecular flexibility index (Phi) is 5.04. The van der Waals surface area contributed by atoms with Crippen molar-refractivity contribution in [2.24, 2.45) is 17.3 Å². The highest BCUT2D eigenvalue weighted by Gasteiger charge is 2.41. The molecule has 1 aromatic carbocycles. The molecular weight excluding hydrogens is 262 g/mol. The third kappa shape index (κ3) is 3.85. The van der Waals surface area contributed by atoms with Crippen LogP contribution in [0.1, 0.15) is 51.7 Å². The molecule has 2 unspecified atom stereocenters. The van der Waals surface area contributed by atoms with Crippen molar-refractivity contribution < 1.29 is 9.90 Å². The maximum Gasteiger partial charge on any atom is 0.224 e. The molecule has 0 radical (unpaired) electrons. The van der Waals surface area contributed by atoms with Crippen LogP contribution in [0.25, 0.3) is 0 Å². The van der Waals surface area contributed by atoms with Gasteiger partial charge in [-0.15, -0.1) is 0 Å². The van der Waals surface area contributed by atoms with E-state index in [-0.39, 0.29) is 23.8 Å². The lowest BCUT2D eigenvalue weighted by Crippen LogP contribution is -2.45. The van der Waals surface area contributed by atoms with Gasteiger partial charge in [-0.05, 0) is 29.7 Å². The van der Waals surface area contributed by atoms with Crippen LogP contribution in [-0.4, -0.2) is 17.6 Å². The van der Waals surface area contributed by atoms with E-state index in [1.165, 1.54) is 6.42 Å². The average molecular weight is 289 g/mol. The van der Waals surface area contributed by atoms with E-state index in [0.717, 1.165) is 18.4 Å². The summed E-state index contributed by atoms with van der Waals surface area (Å²) in [6.45, 7) is 6.81. The second-order valence-corrected chi connectivity index (χ2v) is 7.01. The highest BCUT2D eigenvalue weighted by molar-refractivity contribution is 5.79. The van der Waals surface area contributed by atoms with Crippen molar-refractivity contribution >= 4 is 5.91 Å². The third-order valence-electron chi connectivity index (χ3n) is 4.83. The second kappa shape index (κ2) is 6.61. The largest absolute Gasteiger partial charge is 0.387 e. The Hall–Kier alpha value is -1.35. The van der Waals surface area contributed by atoms with Crippen molar-refractivity contribution in [2.45, 2.75) is 46.1 Å². The molecule has 0 aliphatic heterocycles. The molecule has 3 heteroatoms. The minimum atomic E-state index is -0.642. The van der Waals surface area contributed by atoms with Crippen LogP contribution in [0.5, 0.6) is 0 Å². The van der Waals surface area contributed by atoms with E-state index in [1.807, 2.05) is 30.3 Å². The summed E-state index contributed by atoms with van der Waals surface area (Å²) in [5.74, 6) is 0.527. The molecule has 116 valence electrons. The summed E-state index contributed by atoms with van der Waals surface area (Å²) in [5, 5.41) is 13.1. The SMILES string of the molecule is C[C@H]1CCCC(C)(C)C1C(=O)NCC(O)c1ccccc1. The number of hydrogen-bond acceptors (Lipinski definition) is 2. The molecule has 0 bridgehead atoms. The first kappa shape index (κ1) is 16.0. The van der Waals surface area contributed by atoms with Gasteiger partial charge in [-0.2, -0.15) is 0 Å². The number of rotatable bonds is 4. The van der Waals surface area contributed by atoms with Crippen molar-refractivity contribution in [1.29, 1.82) is 0 Å². The van der Waals surface area contributed by atoms with Gasteiger partial charge in [0, 0.05) is 12.5 Å². The molecule has 21 heavy (non-hydrogen) atoms. The Morgan fingerprint density at radius 3 is 2.67 bits per heavy atom. The van der Waals surface area contributed by atoms with Gasteiger partial charge in [-0.1, -0.05) is 57.5 Å².